The van der Waals surface area contributed by atoms with Gasteiger partial charge in [-0.1, -0.05) is 96.5 Å². The molecule has 196 valence electrons. The van der Waals surface area contributed by atoms with Gasteiger partial charge in [-0.15, -0.1) is 0 Å². The fourth-order valence-electron chi connectivity index (χ4n) is 4.07. The van der Waals surface area contributed by atoms with E-state index in [1.54, 1.807) is 6.07 Å². The van der Waals surface area contributed by atoms with Crippen LogP contribution in [0.1, 0.15) is 102 Å². The summed E-state index contributed by atoms with van der Waals surface area (Å²) in [6.45, 7) is 3.00. The van der Waals surface area contributed by atoms with Gasteiger partial charge in [-0.3, -0.25) is 0 Å². The maximum absolute atomic E-state index is 12.9. The van der Waals surface area contributed by atoms with Gasteiger partial charge in [0.05, 0.1) is 5.56 Å². The first-order valence-electron chi connectivity index (χ1n) is 13.2. The Balaban J connectivity index is 1.59. The van der Waals surface area contributed by atoms with Gasteiger partial charge < -0.3 is 16.4 Å². The molecule has 2 rings (SSSR count). The molecule has 1 aromatic heterocycles. The second kappa shape index (κ2) is 16.2. The van der Waals surface area contributed by atoms with Gasteiger partial charge in [0.25, 0.3) is 0 Å². The van der Waals surface area contributed by atoms with Crippen molar-refractivity contribution in [3.05, 3.63) is 36.2 Å². The molecule has 0 spiro atoms. The van der Waals surface area contributed by atoms with Crippen LogP contribution in [0.15, 0.2) is 30.6 Å². The molecule has 0 fully saturated rings. The van der Waals surface area contributed by atoms with Crippen molar-refractivity contribution in [1.29, 1.82) is 0 Å². The zero-order valence-corrected chi connectivity index (χ0v) is 21.1. The number of benzene rings is 1. The molecule has 0 aliphatic heterocycles. The van der Waals surface area contributed by atoms with Gasteiger partial charge in [0.1, 0.15) is 12.0 Å². The summed E-state index contributed by atoms with van der Waals surface area (Å²) in [6.07, 6.45) is 15.3. The summed E-state index contributed by atoms with van der Waals surface area (Å²) in [6, 6.07) is 4.94. The summed E-state index contributed by atoms with van der Waals surface area (Å²) in [7, 11) is 0. The number of alkyl halides is 3. The molecule has 0 aliphatic carbocycles. The number of halogens is 3. The predicted molar refractivity (Wildman–Crippen MR) is 140 cm³/mol. The summed E-state index contributed by atoms with van der Waals surface area (Å²) in [5.74, 6) is 0.770. The standard InChI is InChI=1S/C27H42F3N5/c1-2-3-4-5-6-7-8-9-10-11-12-13-14-15-19-32-25-24(31)26(34-21-33-25)35-23-18-16-17-22(20-23)27(28,29)30/h16-18,20-21H,2-15,19,31H2,1H3,(H2,32,33,34,35). The van der Waals surface area contributed by atoms with E-state index < -0.39 is 11.7 Å². The van der Waals surface area contributed by atoms with Crippen LogP contribution in [-0.2, 0) is 6.18 Å². The summed E-state index contributed by atoms with van der Waals surface area (Å²) in [4.78, 5) is 8.25. The van der Waals surface area contributed by atoms with E-state index in [1.165, 1.54) is 89.4 Å². The van der Waals surface area contributed by atoms with Gasteiger partial charge >= 0.3 is 6.18 Å². The molecule has 0 unspecified atom stereocenters. The van der Waals surface area contributed by atoms with Crippen molar-refractivity contribution < 1.29 is 13.2 Å². The van der Waals surface area contributed by atoms with Crippen LogP contribution in [-0.4, -0.2) is 16.5 Å². The molecule has 8 heteroatoms. The maximum Gasteiger partial charge on any atom is 0.416 e. The van der Waals surface area contributed by atoms with Crippen molar-refractivity contribution in [3.8, 4) is 0 Å². The normalized spacial score (nSPS) is 11.5. The highest BCUT2D eigenvalue weighted by Gasteiger charge is 2.30. The van der Waals surface area contributed by atoms with E-state index in [2.05, 4.69) is 27.5 Å². The number of unbranched alkanes of at least 4 members (excludes halogenated alkanes) is 13. The van der Waals surface area contributed by atoms with Crippen LogP contribution in [0.2, 0.25) is 0 Å². The van der Waals surface area contributed by atoms with E-state index in [1.807, 2.05) is 0 Å². The van der Waals surface area contributed by atoms with Gasteiger partial charge in [0, 0.05) is 12.2 Å². The van der Waals surface area contributed by atoms with Gasteiger partial charge in [0.15, 0.2) is 11.6 Å². The fraction of sp³-hybridized carbons (Fsp3) is 0.630. The molecule has 2 aromatic rings. The Morgan fingerprint density at radius 1 is 0.771 bits per heavy atom. The Kier molecular flexibility index (Phi) is 13.3. The molecule has 4 N–H and O–H groups in total. The molecule has 1 aromatic carbocycles. The highest BCUT2D eigenvalue weighted by molar-refractivity contribution is 5.77. The Labute approximate surface area is 208 Å². The van der Waals surface area contributed by atoms with E-state index in [0.717, 1.165) is 31.5 Å². The smallest absolute Gasteiger partial charge is 0.393 e. The first-order chi connectivity index (χ1) is 16.9. The highest BCUT2D eigenvalue weighted by Crippen LogP contribution is 2.32. The maximum atomic E-state index is 12.9. The lowest BCUT2D eigenvalue weighted by Gasteiger charge is -2.14. The van der Waals surface area contributed by atoms with Crippen LogP contribution in [0.4, 0.5) is 36.2 Å². The number of rotatable bonds is 18. The van der Waals surface area contributed by atoms with E-state index in [-0.39, 0.29) is 17.2 Å². The number of nitrogen functional groups attached to an aromatic ring is 1. The molecule has 1 heterocycles. The molecule has 35 heavy (non-hydrogen) atoms. The van der Waals surface area contributed by atoms with E-state index in [0.29, 0.717) is 5.82 Å². The van der Waals surface area contributed by atoms with Crippen LogP contribution < -0.4 is 16.4 Å². The number of anilines is 4. The van der Waals surface area contributed by atoms with Crippen LogP contribution in [0.25, 0.3) is 0 Å². The number of nitrogens with one attached hydrogen (secondary N) is 2. The topological polar surface area (TPSA) is 75.9 Å². The first kappa shape index (κ1) is 28.7. The second-order valence-corrected chi connectivity index (χ2v) is 9.21. The van der Waals surface area contributed by atoms with Crippen LogP contribution >= 0.6 is 0 Å². The van der Waals surface area contributed by atoms with Crippen molar-refractivity contribution in [2.45, 2.75) is 103 Å². The van der Waals surface area contributed by atoms with E-state index in [9.17, 15) is 13.2 Å². The average molecular weight is 494 g/mol. The van der Waals surface area contributed by atoms with Crippen LogP contribution in [0.5, 0.6) is 0 Å². The first-order valence-corrected chi connectivity index (χ1v) is 13.2. The monoisotopic (exact) mass is 493 g/mol. The second-order valence-electron chi connectivity index (χ2n) is 9.21. The molecule has 0 aliphatic rings. The molecular weight excluding hydrogens is 451 g/mol. The third kappa shape index (κ3) is 11.6. The summed E-state index contributed by atoms with van der Waals surface area (Å²) >= 11 is 0. The van der Waals surface area contributed by atoms with Crippen molar-refractivity contribution in [2.75, 3.05) is 22.9 Å². The third-order valence-electron chi connectivity index (χ3n) is 6.16. The largest absolute Gasteiger partial charge is 0.416 e. The van der Waals surface area contributed by atoms with E-state index in [4.69, 9.17) is 5.73 Å². The molecule has 5 nitrogen and oxygen atoms in total. The SMILES string of the molecule is CCCCCCCCCCCCCCCCNc1ncnc(Nc2cccc(C(F)(F)F)c2)c1N. The lowest BCUT2D eigenvalue weighted by Crippen LogP contribution is -2.09. The Morgan fingerprint density at radius 3 is 1.89 bits per heavy atom. The van der Waals surface area contributed by atoms with Crippen LogP contribution in [0, 0.1) is 0 Å². The van der Waals surface area contributed by atoms with Gasteiger partial charge in [-0.25, -0.2) is 9.97 Å². The fourth-order valence-corrected chi connectivity index (χ4v) is 4.07. The molecule has 0 atom stereocenters. The van der Waals surface area contributed by atoms with Crippen molar-refractivity contribution in [2.24, 2.45) is 0 Å². The Morgan fingerprint density at radius 2 is 1.31 bits per heavy atom. The molecule has 0 radical (unpaired) electrons. The number of nitrogens with two attached hydrogens (primary N) is 1. The van der Waals surface area contributed by atoms with Crippen molar-refractivity contribution in [3.63, 3.8) is 0 Å². The zero-order valence-electron chi connectivity index (χ0n) is 21.1. The molecule has 0 saturated carbocycles. The third-order valence-corrected chi connectivity index (χ3v) is 6.16. The lowest BCUT2D eigenvalue weighted by atomic mass is 10.0. The van der Waals surface area contributed by atoms with Crippen molar-refractivity contribution in [1.82, 2.24) is 9.97 Å². The quantitative estimate of drug-likeness (QED) is 0.181. The Hall–Kier alpha value is -2.51. The van der Waals surface area contributed by atoms with Gasteiger partial charge in [0.2, 0.25) is 0 Å². The van der Waals surface area contributed by atoms with Gasteiger partial charge in [-0.05, 0) is 24.6 Å². The van der Waals surface area contributed by atoms with Gasteiger partial charge in [-0.2, -0.15) is 13.2 Å². The van der Waals surface area contributed by atoms with E-state index >= 15 is 0 Å². The predicted octanol–water partition coefficient (Wildman–Crippen LogP) is 8.71. The van der Waals surface area contributed by atoms with Crippen molar-refractivity contribution >= 4 is 23.0 Å². The molecule has 0 amide bonds. The average Bonchev–Trinajstić information content (AvgIpc) is 2.83. The summed E-state index contributed by atoms with van der Waals surface area (Å²) < 4.78 is 38.8. The number of hydrogen-bond acceptors (Lipinski definition) is 5. The minimum absolute atomic E-state index is 0.267. The summed E-state index contributed by atoms with van der Waals surface area (Å²) in [5, 5.41) is 6.09. The number of nitrogens with zero attached hydrogens (tertiary/aromatic N) is 2. The highest BCUT2D eigenvalue weighted by atomic mass is 19.4. The molecule has 0 saturated heterocycles. The minimum atomic E-state index is -4.41. The zero-order chi connectivity index (χ0) is 25.4. The number of aromatic nitrogens is 2. The molecular formula is C27H42F3N5. The van der Waals surface area contributed by atoms with Crippen LogP contribution in [0.3, 0.4) is 0 Å². The Bertz CT molecular complexity index is 842. The lowest BCUT2D eigenvalue weighted by molar-refractivity contribution is -0.137. The molecule has 0 bridgehead atoms. The number of hydrogen-bond donors (Lipinski definition) is 3. The minimum Gasteiger partial charge on any atom is -0.393 e. The summed E-state index contributed by atoms with van der Waals surface area (Å²) in [5.41, 5.74) is 5.97.